The molecule has 4 heteroatoms. The summed E-state index contributed by atoms with van der Waals surface area (Å²) < 4.78 is 4.90. The second-order valence-electron chi connectivity index (χ2n) is 12.1. The molecule has 0 radical (unpaired) electrons. The van der Waals surface area contributed by atoms with Crippen LogP contribution < -0.4 is 5.32 Å². The van der Waals surface area contributed by atoms with E-state index in [1.54, 1.807) is 0 Å². The first kappa shape index (κ1) is 23.5. The molecule has 0 bridgehead atoms. The van der Waals surface area contributed by atoms with Crippen LogP contribution in [0.5, 0.6) is 0 Å². The van der Waals surface area contributed by atoms with Crippen LogP contribution in [0, 0.1) is 46.3 Å². The third kappa shape index (κ3) is 4.21. The lowest BCUT2D eigenvalue weighted by Gasteiger charge is -2.61. The average Bonchev–Trinajstić information content (AvgIpc) is 3.13. The lowest BCUT2D eigenvalue weighted by Crippen LogP contribution is -2.55. The number of esters is 1. The number of aliphatic hydroxyl groups is 1. The molecule has 0 saturated heterocycles. The van der Waals surface area contributed by atoms with Gasteiger partial charge in [0.1, 0.15) is 0 Å². The molecule has 0 heterocycles. The standard InChI is InChI=1S/C27H47NO3/c1-18(5-10-25(30)31-4)22-8-9-23-21-7-6-19-17-20(28-15-16-29)11-13-26(19,2)24(21)12-14-27(22,23)3/h18-24,28-29H,5-17H2,1-4H3/t18-,19?,20-,21?,22-,23?,24?,26+,27-/m1/s1. The number of carbonyl (C=O) groups excluding carboxylic acids is 1. The maximum atomic E-state index is 11.7. The minimum absolute atomic E-state index is 0.0504. The van der Waals surface area contributed by atoms with Crippen molar-refractivity contribution < 1.29 is 14.6 Å². The molecule has 4 fully saturated rings. The largest absolute Gasteiger partial charge is 0.469 e. The molecule has 0 amide bonds. The van der Waals surface area contributed by atoms with Crippen LogP contribution in [0.3, 0.4) is 0 Å². The van der Waals surface area contributed by atoms with E-state index in [-0.39, 0.29) is 12.6 Å². The zero-order valence-electron chi connectivity index (χ0n) is 20.5. The van der Waals surface area contributed by atoms with Gasteiger partial charge in [-0.15, -0.1) is 0 Å². The fourth-order valence-electron chi connectivity index (χ4n) is 9.34. The van der Waals surface area contributed by atoms with E-state index in [4.69, 9.17) is 4.74 Å². The highest BCUT2D eigenvalue weighted by Gasteiger charge is 2.60. The molecular formula is C27H47NO3. The van der Waals surface area contributed by atoms with Gasteiger partial charge in [0, 0.05) is 19.0 Å². The predicted molar refractivity (Wildman–Crippen MR) is 125 cm³/mol. The van der Waals surface area contributed by atoms with E-state index in [1.165, 1.54) is 64.9 Å². The van der Waals surface area contributed by atoms with E-state index >= 15 is 0 Å². The summed E-state index contributed by atoms with van der Waals surface area (Å²) >= 11 is 0. The Morgan fingerprint density at radius 1 is 1.06 bits per heavy atom. The van der Waals surface area contributed by atoms with Crippen LogP contribution in [0.2, 0.25) is 0 Å². The highest BCUT2D eigenvalue weighted by Crippen LogP contribution is 2.68. The Balaban J connectivity index is 1.43. The molecular weight excluding hydrogens is 386 g/mol. The molecule has 4 saturated carbocycles. The molecule has 4 rings (SSSR count). The summed E-state index contributed by atoms with van der Waals surface area (Å²) in [7, 11) is 1.51. The Morgan fingerprint density at radius 3 is 2.55 bits per heavy atom. The van der Waals surface area contributed by atoms with Gasteiger partial charge in [0.25, 0.3) is 0 Å². The maximum absolute atomic E-state index is 11.7. The first-order chi connectivity index (χ1) is 14.8. The molecule has 31 heavy (non-hydrogen) atoms. The van der Waals surface area contributed by atoms with Gasteiger partial charge in [0.15, 0.2) is 0 Å². The molecule has 4 unspecified atom stereocenters. The average molecular weight is 434 g/mol. The number of ether oxygens (including phenoxy) is 1. The third-order valence-electron chi connectivity index (χ3n) is 11.0. The lowest BCUT2D eigenvalue weighted by molar-refractivity contribution is -0.141. The van der Waals surface area contributed by atoms with E-state index in [9.17, 15) is 9.90 Å². The van der Waals surface area contributed by atoms with E-state index in [0.717, 1.165) is 42.6 Å². The topological polar surface area (TPSA) is 58.6 Å². The summed E-state index contributed by atoms with van der Waals surface area (Å²) in [5, 5.41) is 12.8. The fourth-order valence-corrected chi connectivity index (χ4v) is 9.34. The van der Waals surface area contributed by atoms with Crippen molar-refractivity contribution in [2.45, 2.75) is 97.4 Å². The Hall–Kier alpha value is -0.610. The van der Waals surface area contributed by atoms with Crippen molar-refractivity contribution in [3.8, 4) is 0 Å². The molecule has 9 atom stereocenters. The first-order valence-electron chi connectivity index (χ1n) is 13.2. The van der Waals surface area contributed by atoms with Gasteiger partial charge in [-0.25, -0.2) is 0 Å². The van der Waals surface area contributed by atoms with Gasteiger partial charge in [0.05, 0.1) is 13.7 Å². The molecule has 2 N–H and O–H groups in total. The molecule has 0 aromatic carbocycles. The zero-order chi connectivity index (χ0) is 22.2. The van der Waals surface area contributed by atoms with Crippen LogP contribution in [0.1, 0.15) is 91.4 Å². The highest BCUT2D eigenvalue weighted by molar-refractivity contribution is 5.69. The van der Waals surface area contributed by atoms with Gasteiger partial charge < -0.3 is 15.2 Å². The van der Waals surface area contributed by atoms with E-state index in [0.29, 0.717) is 29.2 Å². The number of fused-ring (bicyclic) bond motifs is 5. The van der Waals surface area contributed by atoms with Crippen molar-refractivity contribution >= 4 is 5.97 Å². The number of carbonyl (C=O) groups is 1. The second-order valence-corrected chi connectivity index (χ2v) is 12.1. The SMILES string of the molecule is COC(=O)CC[C@@H](C)[C@H]1CCC2C3CCC4C[C@H](NCCO)CC[C@]4(C)C3CC[C@@]21C. The minimum Gasteiger partial charge on any atom is -0.469 e. The Bertz CT molecular complexity index is 638. The third-order valence-corrected chi connectivity index (χ3v) is 11.0. The molecule has 4 aliphatic carbocycles. The second kappa shape index (κ2) is 9.33. The zero-order valence-corrected chi connectivity index (χ0v) is 20.5. The van der Waals surface area contributed by atoms with Gasteiger partial charge in [-0.3, -0.25) is 4.79 Å². The van der Waals surface area contributed by atoms with Crippen LogP contribution in [0.4, 0.5) is 0 Å². The van der Waals surface area contributed by atoms with Gasteiger partial charge in [-0.2, -0.15) is 0 Å². The number of nitrogens with one attached hydrogen (secondary N) is 1. The Kier molecular flexibility index (Phi) is 7.09. The highest BCUT2D eigenvalue weighted by atomic mass is 16.5. The molecule has 4 aliphatic rings. The summed E-state index contributed by atoms with van der Waals surface area (Å²) in [6, 6.07) is 0.613. The fraction of sp³-hybridized carbons (Fsp3) is 0.963. The lowest BCUT2D eigenvalue weighted by atomic mass is 9.44. The monoisotopic (exact) mass is 433 g/mol. The van der Waals surface area contributed by atoms with Crippen molar-refractivity contribution in [2.24, 2.45) is 46.3 Å². The number of rotatable bonds is 7. The maximum Gasteiger partial charge on any atom is 0.305 e. The van der Waals surface area contributed by atoms with Crippen molar-refractivity contribution in [3.05, 3.63) is 0 Å². The molecule has 0 aromatic rings. The summed E-state index contributed by atoms with van der Waals surface area (Å²) in [5.41, 5.74) is 0.996. The molecule has 4 nitrogen and oxygen atoms in total. The summed E-state index contributed by atoms with van der Waals surface area (Å²) in [4.78, 5) is 11.7. The van der Waals surface area contributed by atoms with Crippen molar-refractivity contribution in [3.63, 3.8) is 0 Å². The number of aliphatic hydroxyl groups excluding tert-OH is 1. The van der Waals surface area contributed by atoms with Crippen molar-refractivity contribution in [1.29, 1.82) is 0 Å². The smallest absolute Gasteiger partial charge is 0.305 e. The van der Waals surface area contributed by atoms with E-state index in [1.807, 2.05) is 0 Å². The normalized spacial score (nSPS) is 45.3. The first-order valence-corrected chi connectivity index (χ1v) is 13.2. The minimum atomic E-state index is -0.0504. The van der Waals surface area contributed by atoms with Gasteiger partial charge in [0.2, 0.25) is 0 Å². The van der Waals surface area contributed by atoms with Gasteiger partial charge >= 0.3 is 5.97 Å². The predicted octanol–water partition coefficient (Wildman–Crippen LogP) is 5.19. The van der Waals surface area contributed by atoms with E-state index in [2.05, 4.69) is 26.1 Å². The molecule has 0 aliphatic heterocycles. The number of methoxy groups -OCH3 is 1. The van der Waals surface area contributed by atoms with Gasteiger partial charge in [-0.1, -0.05) is 20.8 Å². The van der Waals surface area contributed by atoms with Crippen LogP contribution in [0.15, 0.2) is 0 Å². The van der Waals surface area contributed by atoms with Crippen LogP contribution in [-0.2, 0) is 9.53 Å². The Labute approximate surface area is 190 Å². The number of hydrogen-bond acceptors (Lipinski definition) is 4. The number of hydrogen-bond donors (Lipinski definition) is 2. The van der Waals surface area contributed by atoms with Crippen molar-refractivity contribution in [1.82, 2.24) is 5.32 Å². The summed E-state index contributed by atoms with van der Waals surface area (Å²) in [6.07, 6.45) is 13.9. The molecule has 0 spiro atoms. The summed E-state index contributed by atoms with van der Waals surface area (Å²) in [6.45, 7) is 8.65. The van der Waals surface area contributed by atoms with E-state index < -0.39 is 0 Å². The molecule has 178 valence electrons. The Morgan fingerprint density at radius 2 is 1.81 bits per heavy atom. The van der Waals surface area contributed by atoms with Crippen LogP contribution in [-0.4, -0.2) is 37.4 Å². The van der Waals surface area contributed by atoms with Crippen LogP contribution in [0.25, 0.3) is 0 Å². The van der Waals surface area contributed by atoms with Crippen molar-refractivity contribution in [2.75, 3.05) is 20.3 Å². The van der Waals surface area contributed by atoms with Gasteiger partial charge in [-0.05, 0) is 111 Å². The van der Waals surface area contributed by atoms with Crippen LogP contribution >= 0.6 is 0 Å². The quantitative estimate of drug-likeness (QED) is 0.543. The summed E-state index contributed by atoms with van der Waals surface area (Å²) in [5.74, 6) is 4.91. The molecule has 0 aromatic heterocycles.